The molecule has 3 aliphatic heterocycles. The number of carbonyl (C=O) groups excluding carboxylic acids is 3. The van der Waals surface area contributed by atoms with Crippen molar-refractivity contribution in [3.63, 3.8) is 0 Å². The molecule has 3 aliphatic rings. The summed E-state index contributed by atoms with van der Waals surface area (Å²) in [6.45, 7) is 0. The average Bonchev–Trinajstić information content (AvgIpc) is 3.73. The zero-order valence-corrected chi connectivity index (χ0v) is 23.2. The van der Waals surface area contributed by atoms with Gasteiger partial charge in [-0.1, -0.05) is 48.5 Å². The topological polar surface area (TPSA) is 84.9 Å². The number of ketones is 2. The smallest absolute Gasteiger partial charge is 0.238 e. The Kier molecular flexibility index (Phi) is 5.83. The lowest BCUT2D eigenvalue weighted by Crippen LogP contribution is -2.49. The van der Waals surface area contributed by atoms with Crippen molar-refractivity contribution in [2.45, 2.75) is 17.5 Å². The highest BCUT2D eigenvalue weighted by atomic mass is 32.1. The molecular formula is C33H26N2O5S. The van der Waals surface area contributed by atoms with Crippen LogP contribution in [0.1, 0.15) is 42.8 Å². The van der Waals surface area contributed by atoms with Crippen molar-refractivity contribution in [2.75, 3.05) is 19.5 Å². The fraction of sp³-hybridized carbons (Fsp3) is 0.182. The number of anilines is 1. The molecule has 4 atom stereocenters. The van der Waals surface area contributed by atoms with E-state index in [0.29, 0.717) is 27.6 Å². The molecule has 1 spiro atoms. The van der Waals surface area contributed by atoms with Gasteiger partial charge < -0.3 is 19.7 Å². The van der Waals surface area contributed by atoms with Crippen LogP contribution in [-0.4, -0.2) is 42.6 Å². The number of nitrogens with one attached hydrogen (secondary N) is 1. The minimum absolute atomic E-state index is 0.231. The minimum Gasteiger partial charge on any atom is -0.493 e. The molecule has 0 saturated carbocycles. The molecule has 0 radical (unpaired) electrons. The Bertz CT molecular complexity index is 1750. The number of hydrogen-bond acceptors (Lipinski definition) is 7. The SMILES string of the molecule is COc1ccc(C(=O)C2C(C(=O)c3cccs3)C3(C(=O)Nc4ccccc43)C3c4ccccc4C=CN23)cc1OC. The van der Waals surface area contributed by atoms with Gasteiger partial charge in [0.2, 0.25) is 5.91 Å². The Labute approximate surface area is 241 Å². The first kappa shape index (κ1) is 25.3. The maximum atomic E-state index is 14.7. The Morgan fingerprint density at radius 2 is 1.68 bits per heavy atom. The lowest BCUT2D eigenvalue weighted by atomic mass is 9.63. The number of Topliss-reactive ketones (excluding diaryl/α,β-unsaturated/α-hetero) is 2. The van der Waals surface area contributed by atoms with E-state index in [4.69, 9.17) is 9.47 Å². The van der Waals surface area contributed by atoms with E-state index in [0.717, 1.165) is 16.7 Å². The van der Waals surface area contributed by atoms with Gasteiger partial charge in [-0.05, 0) is 58.5 Å². The van der Waals surface area contributed by atoms with Crippen LogP contribution in [0, 0.1) is 5.92 Å². The first-order chi connectivity index (χ1) is 20.0. The number of ether oxygens (including phenoxy) is 2. The van der Waals surface area contributed by atoms with Gasteiger partial charge in [-0.25, -0.2) is 0 Å². The van der Waals surface area contributed by atoms with Gasteiger partial charge in [0.25, 0.3) is 0 Å². The number of amides is 1. The van der Waals surface area contributed by atoms with E-state index in [9.17, 15) is 14.4 Å². The molecule has 3 aromatic carbocycles. The van der Waals surface area contributed by atoms with Gasteiger partial charge in [-0.15, -0.1) is 11.3 Å². The number of methoxy groups -OCH3 is 2. The third-order valence-electron chi connectivity index (χ3n) is 8.55. The maximum absolute atomic E-state index is 14.7. The third-order valence-corrected chi connectivity index (χ3v) is 9.44. The van der Waals surface area contributed by atoms with Crippen molar-refractivity contribution >= 4 is 40.6 Å². The van der Waals surface area contributed by atoms with E-state index in [1.807, 2.05) is 77.2 Å². The van der Waals surface area contributed by atoms with E-state index in [1.165, 1.54) is 25.6 Å². The Morgan fingerprint density at radius 3 is 2.46 bits per heavy atom. The fourth-order valence-electron chi connectivity index (χ4n) is 6.90. The number of thiophene rings is 1. The molecule has 41 heavy (non-hydrogen) atoms. The van der Waals surface area contributed by atoms with Crippen LogP contribution in [0.2, 0.25) is 0 Å². The second kappa shape index (κ2) is 9.45. The van der Waals surface area contributed by atoms with Gasteiger partial charge >= 0.3 is 0 Å². The molecule has 7 nitrogen and oxygen atoms in total. The Hall–Kier alpha value is -4.69. The number of nitrogens with zero attached hydrogens (tertiary/aromatic N) is 1. The molecule has 1 aromatic heterocycles. The van der Waals surface area contributed by atoms with Crippen molar-refractivity contribution in [2.24, 2.45) is 5.92 Å². The van der Waals surface area contributed by atoms with E-state index >= 15 is 0 Å². The van der Waals surface area contributed by atoms with Gasteiger partial charge in [0.1, 0.15) is 11.5 Å². The van der Waals surface area contributed by atoms with Crippen molar-refractivity contribution in [3.05, 3.63) is 118 Å². The predicted octanol–water partition coefficient (Wildman–Crippen LogP) is 5.75. The zero-order chi connectivity index (χ0) is 28.3. The second-order valence-corrected chi connectivity index (χ2v) is 11.3. The predicted molar refractivity (Wildman–Crippen MR) is 157 cm³/mol. The number of fused-ring (bicyclic) bond motifs is 6. The molecule has 4 aromatic rings. The van der Waals surface area contributed by atoms with Crippen LogP contribution in [0.4, 0.5) is 5.69 Å². The molecule has 8 heteroatoms. The van der Waals surface area contributed by atoms with Crippen LogP contribution >= 0.6 is 11.3 Å². The summed E-state index contributed by atoms with van der Waals surface area (Å²) in [6.07, 6.45) is 3.82. The molecule has 4 heterocycles. The minimum atomic E-state index is -1.35. The molecule has 4 unspecified atom stereocenters. The Morgan fingerprint density at radius 1 is 0.902 bits per heavy atom. The number of hydrogen-bond donors (Lipinski definition) is 1. The first-order valence-electron chi connectivity index (χ1n) is 13.3. The van der Waals surface area contributed by atoms with Crippen LogP contribution in [0.5, 0.6) is 11.5 Å². The summed E-state index contributed by atoms with van der Waals surface area (Å²) in [7, 11) is 3.05. The van der Waals surface area contributed by atoms with Gasteiger partial charge in [0, 0.05) is 17.5 Å². The van der Waals surface area contributed by atoms with E-state index in [-0.39, 0.29) is 17.5 Å². The summed E-state index contributed by atoms with van der Waals surface area (Å²) >= 11 is 1.32. The standard InChI is InChI=1S/C33H26N2O5S/c1-39-24-14-13-20(18-25(24)40-2)29(36)28-27(30(37)26-12-7-17-41-26)33(22-10-5-6-11-23(22)34-32(33)38)31-21-9-4-3-8-19(21)15-16-35(28)31/h3-18,27-28,31H,1-2H3,(H,34,38). The lowest BCUT2D eigenvalue weighted by molar-refractivity contribution is -0.122. The van der Waals surface area contributed by atoms with Gasteiger partial charge in [0.05, 0.1) is 31.1 Å². The molecule has 1 fully saturated rings. The average molecular weight is 563 g/mol. The maximum Gasteiger partial charge on any atom is 0.238 e. The summed E-state index contributed by atoms with van der Waals surface area (Å²) in [6, 6.07) is 22.4. The lowest BCUT2D eigenvalue weighted by Gasteiger charge is -2.38. The number of benzene rings is 3. The van der Waals surface area contributed by atoms with Gasteiger partial charge in [0.15, 0.2) is 23.1 Å². The normalized spacial score (nSPS) is 23.5. The third kappa shape index (κ3) is 3.47. The molecule has 204 valence electrons. The van der Waals surface area contributed by atoms with Crippen molar-refractivity contribution in [1.82, 2.24) is 4.90 Å². The fourth-order valence-corrected chi connectivity index (χ4v) is 7.60. The summed E-state index contributed by atoms with van der Waals surface area (Å²) in [5.74, 6) is -0.892. The highest BCUT2D eigenvalue weighted by Crippen LogP contribution is 2.62. The number of para-hydroxylation sites is 1. The molecule has 1 N–H and O–H groups in total. The van der Waals surface area contributed by atoms with Crippen LogP contribution in [0.15, 0.2) is 90.4 Å². The van der Waals surface area contributed by atoms with Crippen LogP contribution < -0.4 is 14.8 Å². The first-order valence-corrected chi connectivity index (χ1v) is 14.2. The molecular weight excluding hydrogens is 536 g/mol. The van der Waals surface area contributed by atoms with E-state index < -0.39 is 23.4 Å². The highest BCUT2D eigenvalue weighted by molar-refractivity contribution is 7.12. The van der Waals surface area contributed by atoms with Crippen molar-refractivity contribution < 1.29 is 23.9 Å². The van der Waals surface area contributed by atoms with Crippen LogP contribution in [-0.2, 0) is 10.2 Å². The highest BCUT2D eigenvalue weighted by Gasteiger charge is 2.70. The monoisotopic (exact) mass is 562 g/mol. The molecule has 7 rings (SSSR count). The second-order valence-electron chi connectivity index (χ2n) is 10.4. The molecule has 0 bridgehead atoms. The van der Waals surface area contributed by atoms with Crippen LogP contribution in [0.25, 0.3) is 6.08 Å². The van der Waals surface area contributed by atoms with E-state index in [2.05, 4.69) is 5.32 Å². The quantitative estimate of drug-likeness (QED) is 0.302. The number of rotatable bonds is 6. The van der Waals surface area contributed by atoms with Crippen molar-refractivity contribution in [1.29, 1.82) is 0 Å². The van der Waals surface area contributed by atoms with Gasteiger partial charge in [-0.2, -0.15) is 0 Å². The summed E-state index contributed by atoms with van der Waals surface area (Å²) in [5.41, 5.74) is 2.25. The van der Waals surface area contributed by atoms with Gasteiger partial charge in [-0.3, -0.25) is 14.4 Å². The molecule has 0 aliphatic carbocycles. The summed E-state index contributed by atoms with van der Waals surface area (Å²) < 4.78 is 10.9. The molecule has 1 saturated heterocycles. The Balaban J connectivity index is 1.51. The van der Waals surface area contributed by atoms with Crippen LogP contribution in [0.3, 0.4) is 0 Å². The largest absolute Gasteiger partial charge is 0.493 e. The number of carbonyl (C=O) groups is 3. The zero-order valence-electron chi connectivity index (χ0n) is 22.4. The van der Waals surface area contributed by atoms with E-state index in [1.54, 1.807) is 24.3 Å². The molecule has 1 amide bonds. The summed E-state index contributed by atoms with van der Waals surface area (Å²) in [5, 5.41) is 4.91. The van der Waals surface area contributed by atoms with Crippen molar-refractivity contribution in [3.8, 4) is 11.5 Å². The summed E-state index contributed by atoms with van der Waals surface area (Å²) in [4.78, 5) is 46.2.